The van der Waals surface area contributed by atoms with E-state index in [1.807, 2.05) is 0 Å². The molecule has 12 nitrogen and oxygen atoms in total. The molecule has 0 atom stereocenters. The van der Waals surface area contributed by atoms with Crippen LogP contribution in [-0.4, -0.2) is 49.7 Å². The second-order valence-corrected chi connectivity index (χ2v) is 9.42. The van der Waals surface area contributed by atoms with Crippen molar-refractivity contribution in [3.8, 4) is 33.2 Å². The Balaban J connectivity index is 1.64. The van der Waals surface area contributed by atoms with Crippen LogP contribution in [0.5, 0.6) is 0 Å². The van der Waals surface area contributed by atoms with Gasteiger partial charge in [-0.3, -0.25) is 15.1 Å². The quantitative estimate of drug-likeness (QED) is 0.266. The van der Waals surface area contributed by atoms with Crippen molar-refractivity contribution >= 4 is 29.1 Å². The largest absolute Gasteiger partial charge is 0.435 e. The molecule has 0 radical (unpaired) electrons. The number of alkyl halides is 3. The van der Waals surface area contributed by atoms with E-state index in [-0.39, 0.29) is 28.3 Å². The van der Waals surface area contributed by atoms with E-state index in [0.29, 0.717) is 47.4 Å². The lowest BCUT2D eigenvalue weighted by atomic mass is 10.0. The van der Waals surface area contributed by atoms with Gasteiger partial charge in [0.15, 0.2) is 5.69 Å². The van der Waals surface area contributed by atoms with E-state index in [4.69, 9.17) is 4.42 Å². The van der Waals surface area contributed by atoms with Crippen LogP contribution in [0.1, 0.15) is 35.1 Å². The molecular formula is C23H19F3N8O4S. The number of thiazole rings is 1. The zero-order valence-corrected chi connectivity index (χ0v) is 20.9. The van der Waals surface area contributed by atoms with Gasteiger partial charge in [0.05, 0.1) is 5.56 Å². The van der Waals surface area contributed by atoms with E-state index in [1.165, 1.54) is 24.7 Å². The van der Waals surface area contributed by atoms with Gasteiger partial charge in [0.1, 0.15) is 15.7 Å². The van der Waals surface area contributed by atoms with Crippen LogP contribution >= 0.6 is 11.3 Å². The van der Waals surface area contributed by atoms with Crippen LogP contribution in [0.25, 0.3) is 33.2 Å². The number of carbonyl (C=O) groups excluding carboxylic acids is 2. The fourth-order valence-corrected chi connectivity index (χ4v) is 4.59. The van der Waals surface area contributed by atoms with Gasteiger partial charge in [-0.15, -0.1) is 16.4 Å². The SMILES string of the molecule is CCNC(=O)Nc1cc(-c2nc(C(F)(F)F)c(C(=O)NC3CC3)s2)c(-c2cncc(-c3n[nH]c(=O)o3)c2)cn1. The van der Waals surface area contributed by atoms with Crippen LogP contribution in [-0.2, 0) is 6.18 Å². The van der Waals surface area contributed by atoms with Crippen LogP contribution in [0.15, 0.2) is 39.9 Å². The van der Waals surface area contributed by atoms with Gasteiger partial charge in [0.25, 0.3) is 11.8 Å². The number of anilines is 1. The smallest absolute Gasteiger partial charge is 0.388 e. The van der Waals surface area contributed by atoms with Gasteiger partial charge < -0.3 is 15.1 Å². The van der Waals surface area contributed by atoms with Crippen molar-refractivity contribution in [1.29, 1.82) is 0 Å². The average molecular weight is 561 g/mol. The lowest BCUT2D eigenvalue weighted by molar-refractivity contribution is -0.141. The molecule has 0 aromatic carbocycles. The summed E-state index contributed by atoms with van der Waals surface area (Å²) in [7, 11) is 0. The second kappa shape index (κ2) is 10.3. The van der Waals surface area contributed by atoms with Crippen molar-refractivity contribution in [3.63, 3.8) is 0 Å². The molecule has 4 heterocycles. The minimum absolute atomic E-state index is 0.0369. The summed E-state index contributed by atoms with van der Waals surface area (Å²) in [5.41, 5.74) is -0.189. The number of hydrogen-bond donors (Lipinski definition) is 4. The molecule has 16 heteroatoms. The van der Waals surface area contributed by atoms with Crippen molar-refractivity contribution in [1.82, 2.24) is 35.8 Å². The first-order valence-corrected chi connectivity index (χ1v) is 12.4. The van der Waals surface area contributed by atoms with E-state index in [1.54, 1.807) is 13.0 Å². The Kier molecular flexibility index (Phi) is 6.86. The summed E-state index contributed by atoms with van der Waals surface area (Å²) in [6, 6.07) is 2.17. The maximum absolute atomic E-state index is 13.9. The van der Waals surface area contributed by atoms with Crippen molar-refractivity contribution in [2.45, 2.75) is 32.0 Å². The first-order chi connectivity index (χ1) is 18.6. The fourth-order valence-electron chi connectivity index (χ4n) is 3.57. The number of nitrogens with zero attached hydrogens (tertiary/aromatic N) is 4. The number of pyridine rings is 2. The Hall–Kier alpha value is -4.60. The molecule has 39 heavy (non-hydrogen) atoms. The highest BCUT2D eigenvalue weighted by Gasteiger charge is 2.41. The van der Waals surface area contributed by atoms with E-state index in [9.17, 15) is 27.6 Å². The predicted molar refractivity (Wildman–Crippen MR) is 133 cm³/mol. The number of carbonyl (C=O) groups is 2. The molecule has 1 aliphatic rings. The van der Waals surface area contributed by atoms with Crippen molar-refractivity contribution < 1.29 is 27.2 Å². The van der Waals surface area contributed by atoms with Gasteiger partial charge in [-0.25, -0.2) is 24.7 Å². The topological polar surface area (TPSA) is 168 Å². The Labute approximate surface area is 221 Å². The van der Waals surface area contributed by atoms with Gasteiger partial charge in [-0.05, 0) is 31.9 Å². The van der Waals surface area contributed by atoms with E-state index < -0.39 is 34.4 Å². The Morgan fingerprint density at radius 1 is 1.15 bits per heavy atom. The van der Waals surface area contributed by atoms with E-state index >= 15 is 0 Å². The third kappa shape index (κ3) is 5.79. The minimum atomic E-state index is -4.89. The van der Waals surface area contributed by atoms with Gasteiger partial charge >= 0.3 is 18.0 Å². The van der Waals surface area contributed by atoms with Gasteiger partial charge in [0, 0.05) is 47.9 Å². The first kappa shape index (κ1) is 26.0. The van der Waals surface area contributed by atoms with Crippen LogP contribution in [0.4, 0.5) is 23.8 Å². The maximum Gasteiger partial charge on any atom is 0.435 e. The maximum atomic E-state index is 13.9. The molecule has 0 bridgehead atoms. The normalized spacial score (nSPS) is 13.2. The number of aromatic nitrogens is 5. The Morgan fingerprint density at radius 2 is 1.92 bits per heavy atom. The summed E-state index contributed by atoms with van der Waals surface area (Å²) in [6.07, 6.45) is 0.635. The molecule has 4 aromatic rings. The molecule has 0 saturated heterocycles. The zero-order chi connectivity index (χ0) is 27.7. The molecule has 0 aliphatic heterocycles. The van der Waals surface area contributed by atoms with Gasteiger partial charge in [-0.2, -0.15) is 13.2 Å². The van der Waals surface area contributed by atoms with E-state index in [0.717, 1.165) is 0 Å². The van der Waals surface area contributed by atoms with Gasteiger partial charge in [0.2, 0.25) is 0 Å². The molecule has 202 valence electrons. The predicted octanol–water partition coefficient (Wildman–Crippen LogP) is 3.66. The Morgan fingerprint density at radius 3 is 2.59 bits per heavy atom. The highest BCUT2D eigenvalue weighted by atomic mass is 32.1. The monoisotopic (exact) mass is 560 g/mol. The number of aromatic amines is 1. The van der Waals surface area contributed by atoms with Crippen molar-refractivity contribution in [2.24, 2.45) is 0 Å². The van der Waals surface area contributed by atoms with Crippen molar-refractivity contribution in [2.75, 3.05) is 11.9 Å². The molecule has 1 saturated carbocycles. The summed E-state index contributed by atoms with van der Waals surface area (Å²) in [5, 5.41) is 13.4. The second-order valence-electron chi connectivity index (χ2n) is 8.42. The third-order valence-corrected chi connectivity index (χ3v) is 6.55. The highest BCUT2D eigenvalue weighted by Crippen LogP contribution is 2.41. The first-order valence-electron chi connectivity index (χ1n) is 11.6. The van der Waals surface area contributed by atoms with Crippen LogP contribution < -0.4 is 21.7 Å². The highest BCUT2D eigenvalue weighted by molar-refractivity contribution is 7.17. The number of hydrogen-bond acceptors (Lipinski definition) is 9. The Bertz CT molecular complexity index is 1610. The molecule has 1 fully saturated rings. The molecule has 3 amide bonds. The van der Waals surface area contributed by atoms with Crippen molar-refractivity contribution in [3.05, 3.63) is 51.8 Å². The molecule has 1 aliphatic carbocycles. The summed E-state index contributed by atoms with van der Waals surface area (Å²) in [4.78, 5) is 47.7. The number of rotatable bonds is 7. The fraction of sp³-hybridized carbons (Fsp3) is 0.261. The van der Waals surface area contributed by atoms with E-state index in [2.05, 4.69) is 41.1 Å². The molecule has 0 spiro atoms. The number of urea groups is 1. The summed E-state index contributed by atoms with van der Waals surface area (Å²) < 4.78 is 46.7. The number of amides is 3. The third-order valence-electron chi connectivity index (χ3n) is 5.46. The summed E-state index contributed by atoms with van der Waals surface area (Å²) in [6.45, 7) is 2.05. The molecule has 4 aromatic heterocycles. The minimum Gasteiger partial charge on any atom is -0.388 e. The lowest BCUT2D eigenvalue weighted by Gasteiger charge is -2.11. The average Bonchev–Trinajstić information content (AvgIpc) is 3.40. The van der Waals surface area contributed by atoms with Crippen LogP contribution in [0.2, 0.25) is 0 Å². The molecular weight excluding hydrogens is 541 g/mol. The summed E-state index contributed by atoms with van der Waals surface area (Å²) >= 11 is 0.571. The van der Waals surface area contributed by atoms with Gasteiger partial charge in [-0.1, -0.05) is 0 Å². The molecule has 4 N–H and O–H groups in total. The standard InChI is InChI=1S/C23H19F3N8O4S/c1-2-28-21(36)31-15-6-13(20-32-17(23(24,25)26)16(39-20)18(35)30-12-3-4-12)14(9-29-15)10-5-11(8-27-7-10)19-33-34-22(37)38-19/h5-9,12H,2-4H2,1H3,(H,30,35)(H,34,37)(H2,28,29,31,36). The van der Waals surface area contributed by atoms with Crippen LogP contribution in [0.3, 0.4) is 0 Å². The lowest BCUT2D eigenvalue weighted by Crippen LogP contribution is -2.28. The number of halogens is 3. The number of nitrogens with one attached hydrogen (secondary N) is 4. The molecule has 0 unspecified atom stereocenters. The summed E-state index contributed by atoms with van der Waals surface area (Å²) in [5.74, 6) is -1.65. The number of H-pyrrole nitrogens is 1. The van der Waals surface area contributed by atoms with Crippen LogP contribution in [0, 0.1) is 0 Å². The zero-order valence-electron chi connectivity index (χ0n) is 20.0. The molecule has 5 rings (SSSR count).